The van der Waals surface area contributed by atoms with Crippen LogP contribution in [0.4, 0.5) is 5.69 Å². The van der Waals surface area contributed by atoms with E-state index in [1.165, 1.54) is 5.56 Å². The number of amides is 2. The molecule has 6 nitrogen and oxygen atoms in total. The predicted molar refractivity (Wildman–Crippen MR) is 96.2 cm³/mol. The summed E-state index contributed by atoms with van der Waals surface area (Å²) in [6.45, 7) is 5.90. The van der Waals surface area contributed by atoms with E-state index in [0.29, 0.717) is 13.1 Å². The number of carbonyl (C=O) groups is 2. The molecular weight excluding hydrogens is 316 g/mol. The summed E-state index contributed by atoms with van der Waals surface area (Å²) in [5.74, 6) is -0.293. The molecule has 1 aromatic carbocycles. The Bertz CT molecular complexity index is 755. The van der Waals surface area contributed by atoms with Crippen LogP contribution in [-0.4, -0.2) is 34.5 Å². The molecule has 2 heterocycles. The average molecular weight is 340 g/mol. The number of benzene rings is 1. The van der Waals surface area contributed by atoms with Crippen molar-refractivity contribution in [3.05, 3.63) is 48.0 Å². The van der Waals surface area contributed by atoms with Crippen molar-refractivity contribution in [1.82, 2.24) is 14.9 Å². The van der Waals surface area contributed by atoms with Gasteiger partial charge in [-0.2, -0.15) is 0 Å². The molecule has 1 atom stereocenters. The van der Waals surface area contributed by atoms with Gasteiger partial charge < -0.3 is 14.8 Å². The minimum Gasteiger partial charge on any atom is -0.356 e. The molecule has 1 saturated heterocycles. The molecule has 132 valence electrons. The van der Waals surface area contributed by atoms with Gasteiger partial charge in [-0.15, -0.1) is 0 Å². The van der Waals surface area contributed by atoms with E-state index in [4.69, 9.17) is 0 Å². The first kappa shape index (κ1) is 17.2. The summed E-state index contributed by atoms with van der Waals surface area (Å²) in [5.41, 5.74) is 3.14. The minimum absolute atomic E-state index is 0.0190. The van der Waals surface area contributed by atoms with Crippen LogP contribution in [0.3, 0.4) is 0 Å². The van der Waals surface area contributed by atoms with Crippen LogP contribution in [0.2, 0.25) is 0 Å². The number of aryl methyl sites for hydroxylation is 3. The molecule has 2 amide bonds. The summed E-state index contributed by atoms with van der Waals surface area (Å²) < 4.78 is 1.98. The van der Waals surface area contributed by atoms with Gasteiger partial charge in [0, 0.05) is 44.1 Å². The number of anilines is 1. The van der Waals surface area contributed by atoms with Crippen LogP contribution >= 0.6 is 0 Å². The van der Waals surface area contributed by atoms with E-state index in [1.807, 2.05) is 36.7 Å². The summed E-state index contributed by atoms with van der Waals surface area (Å²) in [6.07, 6.45) is 6.52. The van der Waals surface area contributed by atoms with Crippen LogP contribution < -0.4 is 10.2 Å². The average Bonchev–Trinajstić information content (AvgIpc) is 3.21. The van der Waals surface area contributed by atoms with Crippen molar-refractivity contribution in [1.29, 1.82) is 0 Å². The smallest absolute Gasteiger partial charge is 0.227 e. The van der Waals surface area contributed by atoms with Gasteiger partial charge in [0.05, 0.1) is 12.2 Å². The van der Waals surface area contributed by atoms with Crippen molar-refractivity contribution in [3.8, 4) is 0 Å². The highest BCUT2D eigenvalue weighted by Crippen LogP contribution is 2.28. The number of hydrogen-bond donors (Lipinski definition) is 1. The second-order valence-electron chi connectivity index (χ2n) is 6.64. The summed E-state index contributed by atoms with van der Waals surface area (Å²) >= 11 is 0. The van der Waals surface area contributed by atoms with Gasteiger partial charge in [0.2, 0.25) is 11.8 Å². The standard InChI is InChI=1S/C19H24N4O2/c1-14-4-5-17(15(2)10-14)23-12-16(11-18(23)24)19(25)21-6-3-8-22-9-7-20-13-22/h4-5,7,9-10,13,16H,3,6,8,11-12H2,1-2H3,(H,21,25). The quantitative estimate of drug-likeness (QED) is 0.819. The maximum absolute atomic E-state index is 12.4. The zero-order valence-corrected chi connectivity index (χ0v) is 14.7. The van der Waals surface area contributed by atoms with Crippen molar-refractivity contribution in [2.75, 3.05) is 18.0 Å². The number of carbonyl (C=O) groups excluding carboxylic acids is 2. The van der Waals surface area contributed by atoms with E-state index in [0.717, 1.165) is 24.2 Å². The lowest BCUT2D eigenvalue weighted by Crippen LogP contribution is -2.34. The fraction of sp³-hybridized carbons (Fsp3) is 0.421. The maximum Gasteiger partial charge on any atom is 0.227 e. The van der Waals surface area contributed by atoms with Crippen LogP contribution in [0.1, 0.15) is 24.0 Å². The second-order valence-corrected chi connectivity index (χ2v) is 6.64. The third-order valence-corrected chi connectivity index (χ3v) is 4.59. The van der Waals surface area contributed by atoms with Gasteiger partial charge in [-0.1, -0.05) is 17.7 Å². The summed E-state index contributed by atoms with van der Waals surface area (Å²) in [7, 11) is 0. The van der Waals surface area contributed by atoms with E-state index >= 15 is 0 Å². The van der Waals surface area contributed by atoms with Crippen LogP contribution in [0, 0.1) is 19.8 Å². The van der Waals surface area contributed by atoms with E-state index < -0.39 is 0 Å². The summed E-state index contributed by atoms with van der Waals surface area (Å²) in [4.78, 5) is 30.4. The summed E-state index contributed by atoms with van der Waals surface area (Å²) in [5, 5.41) is 2.95. The van der Waals surface area contributed by atoms with Gasteiger partial charge in [0.1, 0.15) is 0 Å². The zero-order chi connectivity index (χ0) is 17.8. The molecule has 0 radical (unpaired) electrons. The Hall–Kier alpha value is -2.63. The van der Waals surface area contributed by atoms with E-state index in [2.05, 4.69) is 16.4 Å². The fourth-order valence-corrected chi connectivity index (χ4v) is 3.26. The molecule has 1 aromatic heterocycles. The van der Waals surface area contributed by atoms with Gasteiger partial charge >= 0.3 is 0 Å². The lowest BCUT2D eigenvalue weighted by Gasteiger charge is -2.19. The van der Waals surface area contributed by atoms with Gasteiger partial charge in [-0.25, -0.2) is 4.98 Å². The molecule has 1 N–H and O–H groups in total. The Morgan fingerprint density at radius 2 is 2.20 bits per heavy atom. The first-order valence-corrected chi connectivity index (χ1v) is 8.65. The topological polar surface area (TPSA) is 67.2 Å². The Morgan fingerprint density at radius 1 is 1.36 bits per heavy atom. The highest BCUT2D eigenvalue weighted by Gasteiger charge is 2.35. The number of nitrogens with one attached hydrogen (secondary N) is 1. The van der Waals surface area contributed by atoms with Gasteiger partial charge in [0.15, 0.2) is 0 Å². The Morgan fingerprint density at radius 3 is 2.92 bits per heavy atom. The molecule has 0 spiro atoms. The molecule has 0 bridgehead atoms. The van der Waals surface area contributed by atoms with Crippen LogP contribution in [0.25, 0.3) is 0 Å². The first-order chi connectivity index (χ1) is 12.0. The number of hydrogen-bond acceptors (Lipinski definition) is 3. The molecule has 0 saturated carbocycles. The van der Waals surface area contributed by atoms with E-state index in [-0.39, 0.29) is 24.2 Å². The third-order valence-electron chi connectivity index (χ3n) is 4.59. The highest BCUT2D eigenvalue weighted by molar-refractivity contribution is 6.00. The highest BCUT2D eigenvalue weighted by atomic mass is 16.2. The molecule has 1 aliphatic rings. The first-order valence-electron chi connectivity index (χ1n) is 8.65. The van der Waals surface area contributed by atoms with Crippen molar-refractivity contribution in [2.24, 2.45) is 5.92 Å². The predicted octanol–water partition coefficient (Wildman–Crippen LogP) is 2.06. The fourth-order valence-electron chi connectivity index (χ4n) is 3.26. The van der Waals surface area contributed by atoms with Crippen molar-refractivity contribution in [2.45, 2.75) is 33.2 Å². The second kappa shape index (κ2) is 7.51. The van der Waals surface area contributed by atoms with E-state index in [9.17, 15) is 9.59 Å². The van der Waals surface area contributed by atoms with Gasteiger partial charge in [-0.05, 0) is 31.9 Å². The molecule has 1 fully saturated rings. The van der Waals surface area contributed by atoms with Gasteiger partial charge in [-0.3, -0.25) is 9.59 Å². The zero-order valence-electron chi connectivity index (χ0n) is 14.7. The molecule has 2 aromatic rings. The third kappa shape index (κ3) is 4.07. The monoisotopic (exact) mass is 340 g/mol. The van der Waals surface area contributed by atoms with Crippen LogP contribution in [-0.2, 0) is 16.1 Å². The molecule has 3 rings (SSSR count). The number of aromatic nitrogens is 2. The number of nitrogens with zero attached hydrogens (tertiary/aromatic N) is 3. The largest absolute Gasteiger partial charge is 0.356 e. The molecule has 1 aliphatic heterocycles. The van der Waals surface area contributed by atoms with E-state index in [1.54, 1.807) is 17.4 Å². The Labute approximate surface area is 147 Å². The lowest BCUT2D eigenvalue weighted by molar-refractivity contribution is -0.126. The molecule has 0 aliphatic carbocycles. The maximum atomic E-state index is 12.4. The van der Waals surface area contributed by atoms with Crippen LogP contribution in [0.15, 0.2) is 36.9 Å². The molecule has 6 heteroatoms. The Balaban J connectivity index is 1.52. The SMILES string of the molecule is Cc1ccc(N2CC(C(=O)NCCCn3ccnc3)CC2=O)c(C)c1. The minimum atomic E-state index is -0.276. The number of imidazole rings is 1. The molecule has 25 heavy (non-hydrogen) atoms. The van der Waals surface area contributed by atoms with Crippen molar-refractivity contribution in [3.63, 3.8) is 0 Å². The van der Waals surface area contributed by atoms with Crippen molar-refractivity contribution < 1.29 is 9.59 Å². The normalized spacial score (nSPS) is 17.1. The molecular formula is C19H24N4O2. The van der Waals surface area contributed by atoms with Crippen molar-refractivity contribution >= 4 is 17.5 Å². The Kier molecular flexibility index (Phi) is 5.16. The molecule has 1 unspecified atom stereocenters. The van der Waals surface area contributed by atoms with Gasteiger partial charge in [0.25, 0.3) is 0 Å². The lowest BCUT2D eigenvalue weighted by atomic mass is 10.1. The number of rotatable bonds is 6. The van der Waals surface area contributed by atoms with Crippen LogP contribution in [0.5, 0.6) is 0 Å². The summed E-state index contributed by atoms with van der Waals surface area (Å²) in [6, 6.07) is 6.03.